The molecule has 0 radical (unpaired) electrons. The molecule has 2 nitrogen and oxygen atoms in total. The van der Waals surface area contributed by atoms with E-state index in [9.17, 15) is 4.39 Å². The van der Waals surface area contributed by atoms with Gasteiger partial charge in [0.2, 0.25) is 0 Å². The Bertz CT molecular complexity index is 557. The minimum Gasteiger partial charge on any atom is -0.271 e. The van der Waals surface area contributed by atoms with Gasteiger partial charge < -0.3 is 0 Å². The molecular formula is C14H14FIN2. The third-order valence-corrected chi connectivity index (χ3v) is 4.39. The van der Waals surface area contributed by atoms with Gasteiger partial charge in [-0.25, -0.2) is 9.82 Å². The van der Waals surface area contributed by atoms with Crippen molar-refractivity contribution in [2.24, 2.45) is 5.84 Å². The van der Waals surface area contributed by atoms with Crippen LogP contribution in [0.4, 0.5) is 4.39 Å². The molecule has 0 spiro atoms. The zero-order chi connectivity index (χ0) is 13.1. The average Bonchev–Trinajstić information content (AvgIpc) is 2.37. The highest BCUT2D eigenvalue weighted by Gasteiger charge is 2.18. The zero-order valence-corrected chi connectivity index (χ0v) is 12.1. The number of aryl methyl sites for hydroxylation is 1. The maximum Gasteiger partial charge on any atom is 0.128 e. The molecule has 3 N–H and O–H groups in total. The van der Waals surface area contributed by atoms with Crippen molar-refractivity contribution in [1.82, 2.24) is 5.43 Å². The molecule has 1 unspecified atom stereocenters. The summed E-state index contributed by atoms with van der Waals surface area (Å²) in [5.74, 6) is 5.35. The number of nitrogens with two attached hydrogens (primary N) is 1. The Labute approximate surface area is 120 Å². The number of nitrogens with one attached hydrogen (secondary N) is 1. The Morgan fingerprint density at radius 3 is 2.44 bits per heavy atom. The van der Waals surface area contributed by atoms with E-state index in [-0.39, 0.29) is 11.9 Å². The standard InChI is InChI=1S/C14H14FIN2/c1-9-5-4-7-11(13(9)16)14(18-17)10-6-2-3-8-12(10)15/h2-8,14,18H,17H2,1H3. The fourth-order valence-electron chi connectivity index (χ4n) is 1.95. The zero-order valence-electron chi connectivity index (χ0n) is 9.95. The minimum absolute atomic E-state index is 0.252. The maximum atomic E-state index is 13.8. The third kappa shape index (κ3) is 2.55. The fourth-order valence-corrected chi connectivity index (χ4v) is 2.62. The summed E-state index contributed by atoms with van der Waals surface area (Å²) >= 11 is 2.26. The van der Waals surface area contributed by atoms with Crippen LogP contribution in [0.1, 0.15) is 22.7 Å². The second-order valence-electron chi connectivity index (χ2n) is 4.10. The molecule has 0 aliphatic rings. The van der Waals surface area contributed by atoms with Crippen LogP contribution in [0.2, 0.25) is 0 Å². The van der Waals surface area contributed by atoms with Gasteiger partial charge in [-0.05, 0) is 46.7 Å². The lowest BCUT2D eigenvalue weighted by atomic mass is 9.97. The molecule has 0 fully saturated rings. The van der Waals surface area contributed by atoms with E-state index in [1.54, 1.807) is 12.1 Å². The highest BCUT2D eigenvalue weighted by Crippen LogP contribution is 2.28. The van der Waals surface area contributed by atoms with Crippen molar-refractivity contribution in [3.8, 4) is 0 Å². The molecule has 0 aliphatic heterocycles. The summed E-state index contributed by atoms with van der Waals surface area (Å²) in [5, 5.41) is 0. The quantitative estimate of drug-likeness (QED) is 0.503. The molecule has 0 saturated carbocycles. The van der Waals surface area contributed by atoms with Crippen LogP contribution in [0.5, 0.6) is 0 Å². The fraction of sp³-hybridized carbons (Fsp3) is 0.143. The molecule has 0 aliphatic carbocycles. The molecule has 18 heavy (non-hydrogen) atoms. The lowest BCUT2D eigenvalue weighted by Crippen LogP contribution is -2.30. The van der Waals surface area contributed by atoms with E-state index in [0.29, 0.717) is 5.56 Å². The SMILES string of the molecule is Cc1cccc(C(NN)c2ccccc2F)c1I. The van der Waals surface area contributed by atoms with Crippen molar-refractivity contribution < 1.29 is 4.39 Å². The summed E-state index contributed by atoms with van der Waals surface area (Å²) in [6, 6.07) is 12.3. The van der Waals surface area contributed by atoms with Gasteiger partial charge in [0.05, 0.1) is 6.04 Å². The maximum absolute atomic E-state index is 13.8. The second-order valence-corrected chi connectivity index (χ2v) is 5.18. The summed E-state index contributed by atoms with van der Waals surface area (Å²) in [7, 11) is 0. The van der Waals surface area contributed by atoms with Gasteiger partial charge in [-0.15, -0.1) is 0 Å². The molecule has 2 aromatic rings. The lowest BCUT2D eigenvalue weighted by Gasteiger charge is -2.19. The average molecular weight is 356 g/mol. The topological polar surface area (TPSA) is 38.0 Å². The van der Waals surface area contributed by atoms with Crippen LogP contribution >= 0.6 is 22.6 Å². The Balaban J connectivity index is 2.53. The Kier molecular flexibility index (Phi) is 4.31. The van der Waals surface area contributed by atoms with Gasteiger partial charge in [0.1, 0.15) is 5.82 Å². The number of benzene rings is 2. The van der Waals surface area contributed by atoms with E-state index in [0.717, 1.165) is 14.7 Å². The first kappa shape index (κ1) is 13.5. The largest absolute Gasteiger partial charge is 0.271 e. The van der Waals surface area contributed by atoms with E-state index in [1.165, 1.54) is 6.07 Å². The van der Waals surface area contributed by atoms with E-state index < -0.39 is 0 Å². The van der Waals surface area contributed by atoms with Crippen molar-refractivity contribution in [1.29, 1.82) is 0 Å². The van der Waals surface area contributed by atoms with Crippen LogP contribution in [-0.4, -0.2) is 0 Å². The number of hydrogen-bond acceptors (Lipinski definition) is 2. The highest BCUT2D eigenvalue weighted by molar-refractivity contribution is 14.1. The molecule has 4 heteroatoms. The van der Waals surface area contributed by atoms with E-state index in [2.05, 4.69) is 28.0 Å². The summed E-state index contributed by atoms with van der Waals surface area (Å²) < 4.78 is 14.9. The van der Waals surface area contributed by atoms with Crippen LogP contribution in [-0.2, 0) is 0 Å². The number of rotatable bonds is 3. The van der Waals surface area contributed by atoms with Gasteiger partial charge in [0, 0.05) is 9.13 Å². The summed E-state index contributed by atoms with van der Waals surface area (Å²) in [6.07, 6.45) is 0. The molecule has 94 valence electrons. The first-order chi connectivity index (χ1) is 8.65. The molecule has 2 rings (SSSR count). The van der Waals surface area contributed by atoms with Crippen LogP contribution in [0.25, 0.3) is 0 Å². The van der Waals surface area contributed by atoms with Gasteiger partial charge in [-0.1, -0.05) is 36.4 Å². The number of hydrogen-bond donors (Lipinski definition) is 2. The van der Waals surface area contributed by atoms with E-state index in [4.69, 9.17) is 5.84 Å². The first-order valence-corrected chi connectivity index (χ1v) is 6.68. The van der Waals surface area contributed by atoms with Gasteiger partial charge >= 0.3 is 0 Å². The van der Waals surface area contributed by atoms with Gasteiger partial charge in [0.25, 0.3) is 0 Å². The molecule has 0 amide bonds. The molecule has 0 heterocycles. The van der Waals surface area contributed by atoms with Crippen molar-refractivity contribution in [3.63, 3.8) is 0 Å². The molecule has 0 bridgehead atoms. The Morgan fingerprint density at radius 1 is 1.11 bits per heavy atom. The van der Waals surface area contributed by atoms with E-state index >= 15 is 0 Å². The van der Waals surface area contributed by atoms with Crippen LogP contribution in [0.3, 0.4) is 0 Å². The lowest BCUT2D eigenvalue weighted by molar-refractivity contribution is 0.559. The van der Waals surface area contributed by atoms with Crippen LogP contribution in [0, 0.1) is 16.3 Å². The molecule has 0 aromatic heterocycles. The predicted molar refractivity (Wildman–Crippen MR) is 79.5 cm³/mol. The summed E-state index contributed by atoms with van der Waals surface area (Å²) in [4.78, 5) is 0. The van der Waals surface area contributed by atoms with Crippen molar-refractivity contribution in [3.05, 3.63) is 68.5 Å². The van der Waals surface area contributed by atoms with Crippen molar-refractivity contribution in [2.45, 2.75) is 13.0 Å². The molecular weight excluding hydrogens is 342 g/mol. The Morgan fingerprint density at radius 2 is 1.78 bits per heavy atom. The predicted octanol–water partition coefficient (Wildman–Crippen LogP) is 3.29. The monoisotopic (exact) mass is 356 g/mol. The Hall–Kier alpha value is -0.980. The first-order valence-electron chi connectivity index (χ1n) is 5.60. The normalized spacial score (nSPS) is 12.4. The van der Waals surface area contributed by atoms with Crippen LogP contribution in [0.15, 0.2) is 42.5 Å². The second kappa shape index (κ2) is 5.77. The number of hydrazine groups is 1. The molecule has 1 atom stereocenters. The van der Waals surface area contributed by atoms with Gasteiger partial charge in [0.15, 0.2) is 0 Å². The van der Waals surface area contributed by atoms with Crippen LogP contribution < -0.4 is 11.3 Å². The van der Waals surface area contributed by atoms with Crippen molar-refractivity contribution >= 4 is 22.6 Å². The summed E-state index contributed by atoms with van der Waals surface area (Å²) in [6.45, 7) is 2.03. The number of halogens is 2. The smallest absolute Gasteiger partial charge is 0.128 e. The minimum atomic E-state index is -0.335. The van der Waals surface area contributed by atoms with E-state index in [1.807, 2.05) is 31.2 Å². The van der Waals surface area contributed by atoms with Gasteiger partial charge in [-0.2, -0.15) is 0 Å². The highest BCUT2D eigenvalue weighted by atomic mass is 127. The van der Waals surface area contributed by atoms with Crippen molar-refractivity contribution in [2.75, 3.05) is 0 Å². The molecule has 0 saturated heterocycles. The van der Waals surface area contributed by atoms with Gasteiger partial charge in [-0.3, -0.25) is 5.84 Å². The summed E-state index contributed by atoms with van der Waals surface area (Å²) in [5.41, 5.74) is 5.40. The molecule has 2 aromatic carbocycles. The third-order valence-electron chi connectivity index (χ3n) is 2.92.